The lowest BCUT2D eigenvalue weighted by Crippen LogP contribution is -2.47. The van der Waals surface area contributed by atoms with Crippen molar-refractivity contribution in [1.29, 1.82) is 0 Å². The number of hydrogen-bond acceptors (Lipinski definition) is 6. The minimum absolute atomic E-state index is 0.0888. The highest BCUT2D eigenvalue weighted by molar-refractivity contribution is 5.49. The van der Waals surface area contributed by atoms with Gasteiger partial charge < -0.3 is 14.2 Å². The van der Waals surface area contributed by atoms with Crippen LogP contribution >= 0.6 is 0 Å². The van der Waals surface area contributed by atoms with Gasteiger partial charge in [-0.05, 0) is 31.2 Å². The van der Waals surface area contributed by atoms with E-state index in [1.165, 1.54) is 5.69 Å². The number of piperazine rings is 1. The number of hydrogen-bond donors (Lipinski definition) is 0. The minimum atomic E-state index is -0.0888. The largest absolute Gasteiger partial charge is 0.497 e. The van der Waals surface area contributed by atoms with Crippen LogP contribution in [0.25, 0.3) is 0 Å². The summed E-state index contributed by atoms with van der Waals surface area (Å²) >= 11 is 0. The molecule has 1 aromatic carbocycles. The van der Waals surface area contributed by atoms with E-state index < -0.39 is 0 Å². The molecule has 6 heteroatoms. The molecule has 1 atom stereocenters. The first kappa shape index (κ1) is 17.7. The molecule has 1 fully saturated rings. The van der Waals surface area contributed by atoms with Crippen LogP contribution in [-0.2, 0) is 5.41 Å². The normalized spacial score (nSPS) is 17.6. The minimum Gasteiger partial charge on any atom is -0.497 e. The zero-order chi connectivity index (χ0) is 18.0. The van der Waals surface area contributed by atoms with Crippen LogP contribution in [0.5, 0.6) is 5.75 Å². The fourth-order valence-corrected chi connectivity index (χ4v) is 3.03. The van der Waals surface area contributed by atoms with E-state index in [1.807, 2.05) is 12.1 Å². The molecule has 1 aliphatic heterocycles. The van der Waals surface area contributed by atoms with Gasteiger partial charge in [-0.25, -0.2) is 0 Å². The molecule has 2 heterocycles. The molecule has 0 saturated carbocycles. The predicted molar refractivity (Wildman–Crippen MR) is 98.2 cm³/mol. The van der Waals surface area contributed by atoms with Crippen LogP contribution < -0.4 is 9.64 Å². The molecule has 0 radical (unpaired) electrons. The van der Waals surface area contributed by atoms with Crippen LogP contribution in [0.3, 0.4) is 0 Å². The van der Waals surface area contributed by atoms with E-state index in [4.69, 9.17) is 9.26 Å². The number of nitrogens with zero attached hydrogens (tertiary/aromatic N) is 4. The summed E-state index contributed by atoms with van der Waals surface area (Å²) in [4.78, 5) is 9.41. The maximum atomic E-state index is 5.51. The van der Waals surface area contributed by atoms with Crippen molar-refractivity contribution in [2.75, 3.05) is 38.2 Å². The summed E-state index contributed by atoms with van der Waals surface area (Å²) in [6.07, 6.45) is 0. The molecule has 2 aromatic rings. The van der Waals surface area contributed by atoms with E-state index >= 15 is 0 Å². The van der Waals surface area contributed by atoms with E-state index in [1.54, 1.807) is 7.11 Å². The zero-order valence-electron chi connectivity index (χ0n) is 15.8. The highest BCUT2D eigenvalue weighted by Gasteiger charge is 2.28. The second-order valence-corrected chi connectivity index (χ2v) is 7.60. The molecular weight excluding hydrogens is 316 g/mol. The Morgan fingerprint density at radius 1 is 1.08 bits per heavy atom. The van der Waals surface area contributed by atoms with Gasteiger partial charge in [0.25, 0.3) is 0 Å². The van der Waals surface area contributed by atoms with Gasteiger partial charge in [0.2, 0.25) is 5.89 Å². The topological polar surface area (TPSA) is 54.6 Å². The SMILES string of the molecule is COc1ccc(N2CCN([C@@H](C)c3nc(C(C)(C)C)no3)CC2)cc1. The molecule has 25 heavy (non-hydrogen) atoms. The summed E-state index contributed by atoms with van der Waals surface area (Å²) in [5.74, 6) is 2.37. The Bertz CT molecular complexity index is 682. The van der Waals surface area contributed by atoms with Crippen molar-refractivity contribution in [3.8, 4) is 5.75 Å². The van der Waals surface area contributed by atoms with Crippen molar-refractivity contribution >= 4 is 5.69 Å². The Labute approximate surface area is 149 Å². The van der Waals surface area contributed by atoms with E-state index in [-0.39, 0.29) is 11.5 Å². The number of anilines is 1. The van der Waals surface area contributed by atoms with E-state index in [0.29, 0.717) is 5.89 Å². The van der Waals surface area contributed by atoms with Gasteiger partial charge in [0, 0.05) is 37.3 Å². The average molecular weight is 344 g/mol. The molecular formula is C19H28N4O2. The van der Waals surface area contributed by atoms with E-state index in [9.17, 15) is 0 Å². The van der Waals surface area contributed by atoms with Crippen LogP contribution in [0.1, 0.15) is 45.5 Å². The first-order chi connectivity index (χ1) is 11.9. The van der Waals surface area contributed by atoms with Crippen LogP contribution in [0, 0.1) is 0 Å². The monoisotopic (exact) mass is 344 g/mol. The average Bonchev–Trinajstić information content (AvgIpc) is 3.12. The number of benzene rings is 1. The Hall–Kier alpha value is -2.08. The predicted octanol–water partition coefficient (Wildman–Crippen LogP) is 3.26. The molecule has 0 N–H and O–H groups in total. The molecule has 0 amide bonds. The van der Waals surface area contributed by atoms with Gasteiger partial charge >= 0.3 is 0 Å². The lowest BCUT2D eigenvalue weighted by Gasteiger charge is -2.38. The number of rotatable bonds is 4. The fraction of sp³-hybridized carbons (Fsp3) is 0.579. The van der Waals surface area contributed by atoms with Gasteiger partial charge in [-0.15, -0.1) is 0 Å². The molecule has 1 aliphatic rings. The van der Waals surface area contributed by atoms with E-state index in [0.717, 1.165) is 37.8 Å². The third-order valence-electron chi connectivity index (χ3n) is 4.77. The Balaban J connectivity index is 1.60. The molecule has 0 unspecified atom stereocenters. The summed E-state index contributed by atoms with van der Waals surface area (Å²) in [6, 6.07) is 8.40. The summed E-state index contributed by atoms with van der Waals surface area (Å²) in [5.41, 5.74) is 1.15. The smallest absolute Gasteiger partial charge is 0.243 e. The van der Waals surface area contributed by atoms with Gasteiger partial charge in [0.1, 0.15) is 5.75 Å². The molecule has 1 aromatic heterocycles. The van der Waals surface area contributed by atoms with Crippen LogP contribution in [0.2, 0.25) is 0 Å². The van der Waals surface area contributed by atoms with Crippen molar-refractivity contribution in [3.05, 3.63) is 36.0 Å². The highest BCUT2D eigenvalue weighted by atomic mass is 16.5. The standard InChI is InChI=1S/C19H28N4O2/c1-14(17-20-18(21-25-17)19(2,3)4)22-10-12-23(13-11-22)15-6-8-16(24-5)9-7-15/h6-9,14H,10-13H2,1-5H3/t14-/m0/s1. The third-order valence-corrected chi connectivity index (χ3v) is 4.77. The molecule has 136 valence electrons. The van der Waals surface area contributed by atoms with Gasteiger partial charge in [-0.3, -0.25) is 4.90 Å². The van der Waals surface area contributed by atoms with Gasteiger partial charge in [-0.1, -0.05) is 25.9 Å². The van der Waals surface area contributed by atoms with Crippen molar-refractivity contribution < 1.29 is 9.26 Å². The highest BCUT2D eigenvalue weighted by Crippen LogP contribution is 2.26. The first-order valence-electron chi connectivity index (χ1n) is 8.85. The maximum absolute atomic E-state index is 5.51. The van der Waals surface area contributed by atoms with E-state index in [2.05, 4.69) is 59.8 Å². The molecule has 0 spiro atoms. The summed E-state index contributed by atoms with van der Waals surface area (Å²) in [5, 5.41) is 4.15. The number of aromatic nitrogens is 2. The third kappa shape index (κ3) is 3.95. The maximum Gasteiger partial charge on any atom is 0.243 e. The molecule has 6 nitrogen and oxygen atoms in total. The molecule has 0 bridgehead atoms. The van der Waals surface area contributed by atoms with Crippen LogP contribution in [-0.4, -0.2) is 48.3 Å². The summed E-state index contributed by atoms with van der Waals surface area (Å²) in [7, 11) is 1.69. The van der Waals surface area contributed by atoms with Gasteiger partial charge in [0.15, 0.2) is 5.82 Å². The van der Waals surface area contributed by atoms with Crippen molar-refractivity contribution in [2.45, 2.75) is 39.2 Å². The van der Waals surface area contributed by atoms with Gasteiger partial charge in [0.05, 0.1) is 13.2 Å². The number of ether oxygens (including phenoxy) is 1. The first-order valence-corrected chi connectivity index (χ1v) is 8.85. The second-order valence-electron chi connectivity index (χ2n) is 7.60. The number of methoxy groups -OCH3 is 1. The van der Waals surface area contributed by atoms with Crippen molar-refractivity contribution in [3.63, 3.8) is 0 Å². The van der Waals surface area contributed by atoms with Crippen molar-refractivity contribution in [1.82, 2.24) is 15.0 Å². The Kier molecular flexibility index (Phi) is 4.99. The molecule has 1 saturated heterocycles. The van der Waals surface area contributed by atoms with Gasteiger partial charge in [-0.2, -0.15) is 4.98 Å². The van der Waals surface area contributed by atoms with Crippen LogP contribution in [0.15, 0.2) is 28.8 Å². The quantitative estimate of drug-likeness (QED) is 0.848. The Morgan fingerprint density at radius 2 is 1.72 bits per heavy atom. The lowest BCUT2D eigenvalue weighted by molar-refractivity contribution is 0.164. The van der Waals surface area contributed by atoms with Crippen molar-refractivity contribution in [2.24, 2.45) is 0 Å². The summed E-state index contributed by atoms with van der Waals surface area (Å²) < 4.78 is 10.7. The molecule has 3 rings (SSSR count). The molecule has 0 aliphatic carbocycles. The second kappa shape index (κ2) is 7.04. The zero-order valence-corrected chi connectivity index (χ0v) is 15.8. The summed E-state index contributed by atoms with van der Waals surface area (Å²) in [6.45, 7) is 12.3. The van der Waals surface area contributed by atoms with Crippen LogP contribution in [0.4, 0.5) is 5.69 Å². The lowest BCUT2D eigenvalue weighted by atomic mass is 9.96. The fourth-order valence-electron chi connectivity index (χ4n) is 3.03. The Morgan fingerprint density at radius 3 is 2.24 bits per heavy atom.